The fraction of sp³-hybridized carbons (Fsp3) is 0.647. The highest BCUT2D eigenvalue weighted by Gasteiger charge is 2.06. The second-order valence-corrected chi connectivity index (χ2v) is 6.12. The molecule has 0 aliphatic carbocycles. The molecule has 1 atom stereocenters. The Labute approximate surface area is 113 Å². The Kier molecular flexibility index (Phi) is 5.87. The Morgan fingerprint density at radius 2 is 1.50 bits per heavy atom. The van der Waals surface area contributed by atoms with E-state index in [1.165, 1.54) is 35.1 Å². The third-order valence-electron chi connectivity index (χ3n) is 3.77. The van der Waals surface area contributed by atoms with Crippen molar-refractivity contribution in [2.75, 3.05) is 0 Å². The average molecular weight is 247 g/mol. The number of aryl methyl sites for hydroxylation is 3. The van der Waals surface area contributed by atoms with Gasteiger partial charge in [-0.3, -0.25) is 0 Å². The summed E-state index contributed by atoms with van der Waals surface area (Å²) in [5, 5.41) is 3.64. The monoisotopic (exact) mass is 247 g/mol. The smallest absolute Gasteiger partial charge is 0.0210 e. The molecule has 102 valence electrons. The number of nitrogens with one attached hydrogen (secondary N) is 1. The zero-order valence-electron chi connectivity index (χ0n) is 12.9. The fourth-order valence-electron chi connectivity index (χ4n) is 2.18. The molecule has 0 saturated heterocycles. The zero-order valence-corrected chi connectivity index (χ0v) is 12.9. The summed E-state index contributed by atoms with van der Waals surface area (Å²) in [7, 11) is 0. The lowest BCUT2D eigenvalue weighted by atomic mass is 10.00. The molecule has 0 fully saturated rings. The van der Waals surface area contributed by atoms with E-state index in [1.807, 2.05) is 0 Å². The van der Waals surface area contributed by atoms with Gasteiger partial charge in [0.1, 0.15) is 0 Å². The Hall–Kier alpha value is -0.820. The summed E-state index contributed by atoms with van der Waals surface area (Å²) in [6, 6.07) is 5.23. The summed E-state index contributed by atoms with van der Waals surface area (Å²) in [5.74, 6) is 0.803. The number of hydrogen-bond donors (Lipinski definition) is 1. The first kappa shape index (κ1) is 15.2. The van der Waals surface area contributed by atoms with Crippen molar-refractivity contribution < 1.29 is 0 Å². The van der Waals surface area contributed by atoms with E-state index in [9.17, 15) is 0 Å². The van der Waals surface area contributed by atoms with Gasteiger partial charge in [-0.15, -0.1) is 0 Å². The van der Waals surface area contributed by atoms with Gasteiger partial charge in [0.15, 0.2) is 0 Å². The third kappa shape index (κ3) is 4.81. The SMILES string of the molecule is Cc1cc(C)c(CNC(C)CCC(C)C)cc1C. The second kappa shape index (κ2) is 6.94. The molecule has 1 aromatic carbocycles. The highest BCUT2D eigenvalue weighted by molar-refractivity contribution is 5.36. The largest absolute Gasteiger partial charge is 0.310 e. The van der Waals surface area contributed by atoms with Crippen LogP contribution < -0.4 is 5.32 Å². The van der Waals surface area contributed by atoms with Crippen LogP contribution in [0.3, 0.4) is 0 Å². The van der Waals surface area contributed by atoms with Crippen LogP contribution in [0.2, 0.25) is 0 Å². The predicted molar refractivity (Wildman–Crippen MR) is 81.0 cm³/mol. The summed E-state index contributed by atoms with van der Waals surface area (Å²) in [6.07, 6.45) is 2.57. The standard InChI is InChI=1S/C17H29N/c1-12(2)7-8-16(6)18-11-17-10-14(4)13(3)9-15(17)5/h9-10,12,16,18H,7-8,11H2,1-6H3. The van der Waals surface area contributed by atoms with Gasteiger partial charge in [-0.2, -0.15) is 0 Å². The lowest BCUT2D eigenvalue weighted by molar-refractivity contribution is 0.450. The molecule has 0 radical (unpaired) electrons. The van der Waals surface area contributed by atoms with Gasteiger partial charge < -0.3 is 5.32 Å². The summed E-state index contributed by atoms with van der Waals surface area (Å²) in [4.78, 5) is 0. The van der Waals surface area contributed by atoms with Crippen molar-refractivity contribution in [3.05, 3.63) is 34.4 Å². The molecule has 1 rings (SSSR count). The van der Waals surface area contributed by atoms with Gasteiger partial charge in [-0.25, -0.2) is 0 Å². The Balaban J connectivity index is 2.50. The van der Waals surface area contributed by atoms with E-state index in [4.69, 9.17) is 0 Å². The van der Waals surface area contributed by atoms with E-state index < -0.39 is 0 Å². The molecule has 0 bridgehead atoms. The van der Waals surface area contributed by atoms with E-state index in [0.29, 0.717) is 6.04 Å². The van der Waals surface area contributed by atoms with Crippen molar-refractivity contribution >= 4 is 0 Å². The maximum atomic E-state index is 3.64. The fourth-order valence-corrected chi connectivity index (χ4v) is 2.18. The first-order valence-corrected chi connectivity index (χ1v) is 7.20. The molecule has 0 spiro atoms. The van der Waals surface area contributed by atoms with Gasteiger partial charge in [0.05, 0.1) is 0 Å². The Morgan fingerprint density at radius 1 is 0.889 bits per heavy atom. The predicted octanol–water partition coefficient (Wildman–Crippen LogP) is 4.53. The first-order valence-electron chi connectivity index (χ1n) is 7.20. The molecule has 0 heterocycles. The highest BCUT2D eigenvalue weighted by Crippen LogP contribution is 2.15. The maximum Gasteiger partial charge on any atom is 0.0210 e. The molecule has 1 aromatic rings. The summed E-state index contributed by atoms with van der Waals surface area (Å²) in [5.41, 5.74) is 5.63. The van der Waals surface area contributed by atoms with Crippen LogP contribution >= 0.6 is 0 Å². The molecule has 0 aliphatic heterocycles. The van der Waals surface area contributed by atoms with Gasteiger partial charge in [-0.1, -0.05) is 26.0 Å². The Morgan fingerprint density at radius 3 is 2.11 bits per heavy atom. The van der Waals surface area contributed by atoms with Crippen LogP contribution in [0.5, 0.6) is 0 Å². The topological polar surface area (TPSA) is 12.0 Å². The molecule has 1 heteroatoms. The third-order valence-corrected chi connectivity index (χ3v) is 3.77. The number of hydrogen-bond acceptors (Lipinski definition) is 1. The molecule has 1 nitrogen and oxygen atoms in total. The molecule has 0 saturated carbocycles. The summed E-state index contributed by atoms with van der Waals surface area (Å²) in [6.45, 7) is 14.5. The van der Waals surface area contributed by atoms with Gasteiger partial charge in [0.2, 0.25) is 0 Å². The van der Waals surface area contributed by atoms with Crippen molar-refractivity contribution in [3.63, 3.8) is 0 Å². The van der Waals surface area contributed by atoms with E-state index in [2.05, 4.69) is 59.0 Å². The van der Waals surface area contributed by atoms with E-state index in [-0.39, 0.29) is 0 Å². The van der Waals surface area contributed by atoms with Crippen LogP contribution in [0.1, 0.15) is 55.9 Å². The minimum atomic E-state index is 0.605. The van der Waals surface area contributed by atoms with Gasteiger partial charge in [-0.05, 0) is 68.7 Å². The van der Waals surface area contributed by atoms with Crippen LogP contribution in [0.4, 0.5) is 0 Å². The molecule has 18 heavy (non-hydrogen) atoms. The number of benzene rings is 1. The lowest BCUT2D eigenvalue weighted by Crippen LogP contribution is -2.26. The van der Waals surface area contributed by atoms with Gasteiger partial charge >= 0.3 is 0 Å². The van der Waals surface area contributed by atoms with Crippen LogP contribution in [0.15, 0.2) is 12.1 Å². The van der Waals surface area contributed by atoms with Crippen molar-refractivity contribution in [2.45, 2.75) is 67.0 Å². The van der Waals surface area contributed by atoms with Crippen LogP contribution in [0, 0.1) is 26.7 Å². The molecular weight excluding hydrogens is 218 g/mol. The van der Waals surface area contributed by atoms with Gasteiger partial charge in [0, 0.05) is 12.6 Å². The van der Waals surface area contributed by atoms with E-state index in [1.54, 1.807) is 0 Å². The molecule has 1 unspecified atom stereocenters. The highest BCUT2D eigenvalue weighted by atomic mass is 14.9. The van der Waals surface area contributed by atoms with Gasteiger partial charge in [0.25, 0.3) is 0 Å². The molecular formula is C17H29N. The normalized spacial score (nSPS) is 13.1. The van der Waals surface area contributed by atoms with E-state index in [0.717, 1.165) is 12.5 Å². The maximum absolute atomic E-state index is 3.64. The van der Waals surface area contributed by atoms with Crippen LogP contribution in [0.25, 0.3) is 0 Å². The summed E-state index contributed by atoms with van der Waals surface area (Å²) < 4.78 is 0. The lowest BCUT2D eigenvalue weighted by Gasteiger charge is -2.17. The summed E-state index contributed by atoms with van der Waals surface area (Å²) >= 11 is 0. The average Bonchev–Trinajstić information content (AvgIpc) is 2.29. The molecule has 0 aliphatic rings. The quantitative estimate of drug-likeness (QED) is 0.779. The Bertz CT molecular complexity index is 379. The van der Waals surface area contributed by atoms with Crippen molar-refractivity contribution in [1.29, 1.82) is 0 Å². The minimum Gasteiger partial charge on any atom is -0.310 e. The first-order chi connectivity index (χ1) is 8.40. The van der Waals surface area contributed by atoms with Crippen LogP contribution in [-0.2, 0) is 6.54 Å². The number of rotatable bonds is 6. The van der Waals surface area contributed by atoms with E-state index >= 15 is 0 Å². The minimum absolute atomic E-state index is 0.605. The van der Waals surface area contributed by atoms with Crippen molar-refractivity contribution in [2.24, 2.45) is 5.92 Å². The molecule has 0 aromatic heterocycles. The molecule has 0 amide bonds. The second-order valence-electron chi connectivity index (χ2n) is 6.12. The zero-order chi connectivity index (χ0) is 13.7. The van der Waals surface area contributed by atoms with Crippen molar-refractivity contribution in [3.8, 4) is 0 Å². The molecule has 1 N–H and O–H groups in total. The van der Waals surface area contributed by atoms with Crippen molar-refractivity contribution in [1.82, 2.24) is 5.32 Å². The van der Waals surface area contributed by atoms with Crippen LogP contribution in [-0.4, -0.2) is 6.04 Å².